The Labute approximate surface area is 169 Å². The van der Waals surface area contributed by atoms with Crippen LogP contribution in [0.5, 0.6) is 0 Å². The van der Waals surface area contributed by atoms with Crippen molar-refractivity contribution in [2.75, 3.05) is 17.2 Å². The minimum absolute atomic E-state index is 0.269. The molecule has 0 radical (unpaired) electrons. The number of nitrogens with zero attached hydrogens (tertiary/aromatic N) is 2. The summed E-state index contributed by atoms with van der Waals surface area (Å²) < 4.78 is 0. The molecule has 0 aliphatic heterocycles. The molecule has 29 heavy (non-hydrogen) atoms. The smallest absolute Gasteiger partial charge is 0.275 e. The Kier molecular flexibility index (Phi) is 5.24. The number of anilines is 2. The Hall–Kier alpha value is -3.67. The monoisotopic (exact) mass is 385 g/mol. The number of hydrogen-bond acceptors (Lipinski definition) is 4. The first-order valence-corrected chi connectivity index (χ1v) is 9.59. The van der Waals surface area contributed by atoms with E-state index in [0.29, 0.717) is 5.82 Å². The number of carbonyl (C=O) groups is 1. The Morgan fingerprint density at radius 2 is 1.93 bits per heavy atom. The second kappa shape index (κ2) is 8.14. The molecule has 0 atom stereocenters. The van der Waals surface area contributed by atoms with Crippen molar-refractivity contribution in [2.24, 2.45) is 0 Å². The van der Waals surface area contributed by atoms with Crippen LogP contribution in [-0.4, -0.2) is 27.4 Å². The maximum atomic E-state index is 12.4. The largest absolute Gasteiger partial charge is 0.368 e. The van der Waals surface area contributed by atoms with Gasteiger partial charge in [-0.2, -0.15) is 0 Å². The summed E-state index contributed by atoms with van der Waals surface area (Å²) in [5.74, 6) is 0.378. The van der Waals surface area contributed by atoms with Gasteiger partial charge in [-0.05, 0) is 43.5 Å². The molecule has 6 heteroatoms. The summed E-state index contributed by atoms with van der Waals surface area (Å²) in [6.07, 6.45) is 5.98. The van der Waals surface area contributed by atoms with E-state index in [1.165, 1.54) is 17.1 Å². The molecule has 0 aliphatic rings. The number of H-pyrrole nitrogens is 1. The van der Waals surface area contributed by atoms with E-state index in [-0.39, 0.29) is 11.6 Å². The van der Waals surface area contributed by atoms with E-state index in [1.807, 2.05) is 50.4 Å². The minimum atomic E-state index is -0.269. The van der Waals surface area contributed by atoms with Gasteiger partial charge < -0.3 is 15.6 Å². The van der Waals surface area contributed by atoms with E-state index >= 15 is 0 Å². The molecule has 2 aromatic carbocycles. The highest BCUT2D eigenvalue weighted by atomic mass is 16.1. The highest BCUT2D eigenvalue weighted by Crippen LogP contribution is 2.18. The SMILES string of the molecule is Cc1ccc(NC(=O)c2cnc(NCCc3c[nH]c4ccccc34)cn2)c(C)c1. The molecule has 6 nitrogen and oxygen atoms in total. The molecule has 4 aromatic rings. The fourth-order valence-corrected chi connectivity index (χ4v) is 3.34. The highest BCUT2D eigenvalue weighted by molar-refractivity contribution is 6.03. The number of aryl methyl sites for hydroxylation is 2. The number of carbonyl (C=O) groups excluding carboxylic acids is 1. The van der Waals surface area contributed by atoms with E-state index in [0.717, 1.165) is 35.3 Å². The number of aromatic nitrogens is 3. The molecule has 0 spiro atoms. The van der Waals surface area contributed by atoms with Gasteiger partial charge in [0, 0.05) is 29.3 Å². The molecule has 0 aliphatic carbocycles. The quantitative estimate of drug-likeness (QED) is 0.457. The zero-order chi connectivity index (χ0) is 20.2. The van der Waals surface area contributed by atoms with E-state index in [4.69, 9.17) is 0 Å². The third-order valence-corrected chi connectivity index (χ3v) is 4.89. The summed E-state index contributed by atoms with van der Waals surface area (Å²) in [6, 6.07) is 14.1. The number of amides is 1. The predicted octanol–water partition coefficient (Wildman–Crippen LogP) is 4.48. The van der Waals surface area contributed by atoms with Crippen molar-refractivity contribution in [2.45, 2.75) is 20.3 Å². The van der Waals surface area contributed by atoms with Crippen molar-refractivity contribution >= 4 is 28.3 Å². The normalized spacial score (nSPS) is 10.8. The lowest BCUT2D eigenvalue weighted by Gasteiger charge is -2.09. The summed E-state index contributed by atoms with van der Waals surface area (Å²) >= 11 is 0. The van der Waals surface area contributed by atoms with E-state index in [2.05, 4.69) is 37.7 Å². The van der Waals surface area contributed by atoms with Crippen LogP contribution in [0.15, 0.2) is 61.1 Å². The van der Waals surface area contributed by atoms with Crippen LogP contribution in [0.4, 0.5) is 11.5 Å². The van der Waals surface area contributed by atoms with Crippen LogP contribution in [0.25, 0.3) is 10.9 Å². The summed E-state index contributed by atoms with van der Waals surface area (Å²) in [7, 11) is 0. The lowest BCUT2D eigenvalue weighted by molar-refractivity contribution is 0.102. The molecule has 146 valence electrons. The van der Waals surface area contributed by atoms with Gasteiger partial charge in [-0.25, -0.2) is 9.97 Å². The Morgan fingerprint density at radius 3 is 2.72 bits per heavy atom. The molecule has 2 aromatic heterocycles. The van der Waals surface area contributed by atoms with E-state index in [1.54, 1.807) is 6.20 Å². The van der Waals surface area contributed by atoms with Crippen molar-refractivity contribution in [1.29, 1.82) is 0 Å². The zero-order valence-electron chi connectivity index (χ0n) is 16.5. The standard InChI is InChI=1S/C23H23N5O/c1-15-7-8-19(16(2)11-15)28-23(29)21-13-27-22(14-26-21)24-10-9-17-12-25-20-6-4-3-5-18(17)20/h3-8,11-14,25H,9-10H2,1-2H3,(H,24,27)(H,28,29). The molecule has 0 unspecified atom stereocenters. The molecular weight excluding hydrogens is 362 g/mol. The first-order valence-electron chi connectivity index (χ1n) is 9.59. The number of nitrogens with one attached hydrogen (secondary N) is 3. The average Bonchev–Trinajstić information content (AvgIpc) is 3.14. The lowest BCUT2D eigenvalue weighted by Crippen LogP contribution is -2.15. The zero-order valence-corrected chi connectivity index (χ0v) is 16.5. The van der Waals surface area contributed by atoms with Crippen molar-refractivity contribution in [3.05, 3.63) is 83.4 Å². The second-order valence-corrected chi connectivity index (χ2v) is 7.10. The van der Waals surface area contributed by atoms with E-state index < -0.39 is 0 Å². The van der Waals surface area contributed by atoms with Crippen LogP contribution in [0.2, 0.25) is 0 Å². The molecule has 2 heterocycles. The van der Waals surface area contributed by atoms with Gasteiger partial charge in [-0.3, -0.25) is 4.79 Å². The lowest BCUT2D eigenvalue weighted by atomic mass is 10.1. The van der Waals surface area contributed by atoms with Crippen LogP contribution in [0, 0.1) is 13.8 Å². The number of aromatic amines is 1. The van der Waals surface area contributed by atoms with Gasteiger partial charge in [0.05, 0.1) is 12.4 Å². The summed E-state index contributed by atoms with van der Waals surface area (Å²) in [5.41, 5.74) is 5.63. The second-order valence-electron chi connectivity index (χ2n) is 7.10. The summed E-state index contributed by atoms with van der Waals surface area (Å²) in [4.78, 5) is 24.3. The number of benzene rings is 2. The highest BCUT2D eigenvalue weighted by Gasteiger charge is 2.10. The fraction of sp³-hybridized carbons (Fsp3) is 0.174. The van der Waals surface area contributed by atoms with Crippen molar-refractivity contribution in [3.63, 3.8) is 0 Å². The molecule has 0 saturated carbocycles. The maximum absolute atomic E-state index is 12.4. The van der Waals surface area contributed by atoms with Crippen LogP contribution in [0.3, 0.4) is 0 Å². The van der Waals surface area contributed by atoms with Crippen LogP contribution >= 0.6 is 0 Å². The molecular formula is C23H23N5O. The van der Waals surface area contributed by atoms with Crippen molar-refractivity contribution in [3.8, 4) is 0 Å². The van der Waals surface area contributed by atoms with Gasteiger partial charge in [0.15, 0.2) is 0 Å². The third kappa shape index (κ3) is 4.27. The molecule has 4 rings (SSSR count). The number of rotatable bonds is 6. The first-order chi connectivity index (χ1) is 14.1. The van der Waals surface area contributed by atoms with Crippen molar-refractivity contribution in [1.82, 2.24) is 15.0 Å². The molecule has 0 saturated heterocycles. The third-order valence-electron chi connectivity index (χ3n) is 4.89. The number of hydrogen-bond donors (Lipinski definition) is 3. The Balaban J connectivity index is 1.34. The van der Waals surface area contributed by atoms with E-state index in [9.17, 15) is 4.79 Å². The van der Waals surface area contributed by atoms with Gasteiger partial charge in [0.1, 0.15) is 11.5 Å². The molecule has 1 amide bonds. The van der Waals surface area contributed by atoms with Crippen molar-refractivity contribution < 1.29 is 4.79 Å². The van der Waals surface area contributed by atoms with Crippen LogP contribution < -0.4 is 10.6 Å². The van der Waals surface area contributed by atoms with Gasteiger partial charge in [-0.15, -0.1) is 0 Å². The summed E-state index contributed by atoms with van der Waals surface area (Å²) in [6.45, 7) is 4.72. The Bertz CT molecular complexity index is 1150. The maximum Gasteiger partial charge on any atom is 0.275 e. The Morgan fingerprint density at radius 1 is 1.07 bits per heavy atom. The van der Waals surface area contributed by atoms with Crippen LogP contribution in [-0.2, 0) is 6.42 Å². The molecule has 0 fully saturated rings. The number of fused-ring (bicyclic) bond motifs is 1. The van der Waals surface area contributed by atoms with Gasteiger partial charge in [0.2, 0.25) is 0 Å². The average molecular weight is 385 g/mol. The van der Waals surface area contributed by atoms with Gasteiger partial charge >= 0.3 is 0 Å². The number of para-hydroxylation sites is 1. The summed E-state index contributed by atoms with van der Waals surface area (Å²) in [5, 5.41) is 7.38. The topological polar surface area (TPSA) is 82.7 Å². The molecule has 3 N–H and O–H groups in total. The first kappa shape index (κ1) is 18.7. The van der Waals surface area contributed by atoms with Gasteiger partial charge in [-0.1, -0.05) is 35.9 Å². The minimum Gasteiger partial charge on any atom is -0.368 e. The molecule has 0 bridgehead atoms. The van der Waals surface area contributed by atoms with Crippen LogP contribution in [0.1, 0.15) is 27.2 Å². The van der Waals surface area contributed by atoms with Gasteiger partial charge in [0.25, 0.3) is 5.91 Å². The predicted molar refractivity (Wildman–Crippen MR) is 116 cm³/mol. The fourth-order valence-electron chi connectivity index (χ4n) is 3.34.